The van der Waals surface area contributed by atoms with Crippen LogP contribution in [-0.2, 0) is 0 Å². The van der Waals surface area contributed by atoms with Gasteiger partial charge in [-0.2, -0.15) is 0 Å². The van der Waals surface area contributed by atoms with Gasteiger partial charge in [0.25, 0.3) is 0 Å². The zero-order chi connectivity index (χ0) is 30.2. The van der Waals surface area contributed by atoms with Crippen LogP contribution in [0.5, 0.6) is 0 Å². The molecule has 0 heterocycles. The zero-order valence-electron chi connectivity index (χ0n) is 25.5. The lowest BCUT2D eigenvalue weighted by Gasteiger charge is -2.18. The Bertz CT molecular complexity index is 2400. The van der Waals surface area contributed by atoms with Crippen molar-refractivity contribution in [2.45, 2.75) is 13.3 Å². The summed E-state index contributed by atoms with van der Waals surface area (Å²) in [4.78, 5) is 0. The van der Waals surface area contributed by atoms with Gasteiger partial charge in [0.05, 0.1) is 0 Å². The minimum atomic E-state index is 0.218. The van der Waals surface area contributed by atoms with Crippen LogP contribution in [0.2, 0.25) is 0 Å². The quantitative estimate of drug-likeness (QED) is 0.184. The van der Waals surface area contributed by atoms with E-state index in [2.05, 4.69) is 177 Å². The molecule has 214 valence electrons. The smallest absolute Gasteiger partial charge is 0.000478 e. The Kier molecular flexibility index (Phi) is 6.97. The molecule has 0 spiro atoms. The summed E-state index contributed by atoms with van der Waals surface area (Å²) >= 11 is 0. The molecule has 8 rings (SSSR count). The van der Waals surface area contributed by atoms with Gasteiger partial charge in [0.15, 0.2) is 0 Å². The fourth-order valence-corrected chi connectivity index (χ4v) is 7.12. The maximum atomic E-state index is 2.46. The van der Waals surface area contributed by atoms with Crippen molar-refractivity contribution in [3.8, 4) is 11.1 Å². The summed E-state index contributed by atoms with van der Waals surface area (Å²) in [6, 6.07) is 53.7. The van der Waals surface area contributed by atoms with E-state index in [1.165, 1.54) is 76.2 Å². The molecule has 0 nitrogen and oxygen atoms in total. The number of benzene rings is 7. The van der Waals surface area contributed by atoms with Gasteiger partial charge in [0.2, 0.25) is 0 Å². The summed E-state index contributed by atoms with van der Waals surface area (Å²) in [7, 11) is 0. The molecule has 1 aliphatic rings. The van der Waals surface area contributed by atoms with Crippen molar-refractivity contribution in [3.63, 3.8) is 0 Å². The van der Waals surface area contributed by atoms with Gasteiger partial charge in [-0.3, -0.25) is 0 Å². The van der Waals surface area contributed by atoms with E-state index in [4.69, 9.17) is 0 Å². The molecule has 1 aliphatic carbocycles. The van der Waals surface area contributed by atoms with Crippen LogP contribution in [0.4, 0.5) is 0 Å². The van der Waals surface area contributed by atoms with Gasteiger partial charge < -0.3 is 0 Å². The summed E-state index contributed by atoms with van der Waals surface area (Å²) in [5.74, 6) is 0.218. The maximum absolute atomic E-state index is 2.46. The highest BCUT2D eigenvalue weighted by Gasteiger charge is 2.15. The van der Waals surface area contributed by atoms with Crippen LogP contribution in [0.25, 0.3) is 54.6 Å². The fourth-order valence-electron chi connectivity index (χ4n) is 7.12. The first-order valence-electron chi connectivity index (χ1n) is 15.9. The second kappa shape index (κ2) is 11.6. The molecular formula is C45H34. The van der Waals surface area contributed by atoms with E-state index in [0.29, 0.717) is 0 Å². The highest BCUT2D eigenvalue weighted by Crippen LogP contribution is 2.35. The first kappa shape index (κ1) is 27.1. The number of hydrogen-bond donors (Lipinski definition) is 0. The summed E-state index contributed by atoms with van der Waals surface area (Å²) in [5, 5.41) is 10.3. The molecule has 0 amide bonds. The highest BCUT2D eigenvalue weighted by molar-refractivity contribution is 6.13. The van der Waals surface area contributed by atoms with E-state index in [-0.39, 0.29) is 5.92 Å². The average Bonchev–Trinajstić information content (AvgIpc) is 3.10. The molecule has 0 saturated carbocycles. The summed E-state index contributed by atoms with van der Waals surface area (Å²) < 4.78 is 0. The third-order valence-electron chi connectivity index (χ3n) is 9.32. The van der Waals surface area contributed by atoms with Gasteiger partial charge in [0, 0.05) is 5.92 Å². The van der Waals surface area contributed by atoms with Crippen LogP contribution >= 0.6 is 0 Å². The first-order valence-corrected chi connectivity index (χ1v) is 15.9. The lowest BCUT2D eigenvalue weighted by Crippen LogP contribution is -2.32. The average molecular weight is 575 g/mol. The number of allylic oxidation sites excluding steroid dienone is 4. The monoisotopic (exact) mass is 574 g/mol. The Labute approximate surface area is 264 Å². The van der Waals surface area contributed by atoms with Crippen molar-refractivity contribution in [2.75, 3.05) is 0 Å². The summed E-state index contributed by atoms with van der Waals surface area (Å²) in [6.45, 7) is 2.33. The van der Waals surface area contributed by atoms with Crippen molar-refractivity contribution >= 4 is 43.5 Å². The summed E-state index contributed by atoms with van der Waals surface area (Å²) in [6.07, 6.45) is 9.92. The van der Waals surface area contributed by atoms with Crippen LogP contribution in [-0.4, -0.2) is 0 Å². The Hall–Kier alpha value is -5.46. The third kappa shape index (κ3) is 4.99. The Morgan fingerprint density at radius 2 is 1.16 bits per heavy atom. The van der Waals surface area contributed by atoms with Crippen LogP contribution in [0.15, 0.2) is 170 Å². The second-order valence-electron chi connectivity index (χ2n) is 12.1. The molecule has 0 heteroatoms. The van der Waals surface area contributed by atoms with E-state index in [9.17, 15) is 0 Å². The predicted molar refractivity (Wildman–Crippen MR) is 194 cm³/mol. The van der Waals surface area contributed by atoms with Gasteiger partial charge >= 0.3 is 0 Å². The Balaban J connectivity index is 1.52. The van der Waals surface area contributed by atoms with Gasteiger partial charge in [-0.15, -0.1) is 0 Å². The lowest BCUT2D eigenvalue weighted by molar-refractivity contribution is 0.954. The minimum Gasteiger partial charge on any atom is -0.0801 e. The highest BCUT2D eigenvalue weighted by atomic mass is 14.2. The standard InChI is InChI=1S/C45H34/c1-31-14-4-2-7-20-39(36-25-24-32-15-8-9-18-34(32)28-36)42-27-26-37(30-44(42)45(31)33-16-5-3-6-17-33)43-29-35-19-10-11-21-38(35)40-22-12-13-23-41(40)43/h2-19,21-31H,20H2,1H3/b7-2-,14-4-,42-39+,45-44+. The molecule has 0 bridgehead atoms. The van der Waals surface area contributed by atoms with Crippen LogP contribution in [0.1, 0.15) is 24.5 Å². The molecule has 45 heavy (non-hydrogen) atoms. The van der Waals surface area contributed by atoms with E-state index >= 15 is 0 Å². The largest absolute Gasteiger partial charge is 0.0801 e. The molecule has 0 radical (unpaired) electrons. The molecule has 0 aliphatic heterocycles. The van der Waals surface area contributed by atoms with E-state index < -0.39 is 0 Å². The molecule has 7 aromatic rings. The number of fused-ring (bicyclic) bond motifs is 5. The molecule has 0 aromatic heterocycles. The number of rotatable bonds is 3. The predicted octanol–water partition coefficient (Wildman–Crippen LogP) is 10.4. The Morgan fingerprint density at radius 1 is 0.467 bits per heavy atom. The molecule has 0 N–H and O–H groups in total. The maximum Gasteiger partial charge on any atom is 0.000478 e. The van der Waals surface area contributed by atoms with Crippen molar-refractivity contribution in [1.29, 1.82) is 0 Å². The lowest BCUT2D eigenvalue weighted by atomic mass is 9.86. The van der Waals surface area contributed by atoms with Gasteiger partial charge in [-0.1, -0.05) is 159 Å². The normalized spacial score (nSPS) is 18.9. The first-order chi connectivity index (χ1) is 22.2. The van der Waals surface area contributed by atoms with E-state index in [0.717, 1.165) is 6.42 Å². The molecule has 1 unspecified atom stereocenters. The minimum absolute atomic E-state index is 0.218. The zero-order valence-corrected chi connectivity index (χ0v) is 25.5. The molecule has 0 saturated heterocycles. The van der Waals surface area contributed by atoms with Crippen molar-refractivity contribution in [1.82, 2.24) is 0 Å². The molecule has 7 aromatic carbocycles. The van der Waals surface area contributed by atoms with Crippen molar-refractivity contribution in [3.05, 3.63) is 191 Å². The third-order valence-corrected chi connectivity index (χ3v) is 9.32. The van der Waals surface area contributed by atoms with Gasteiger partial charge in [0.1, 0.15) is 0 Å². The fraction of sp³-hybridized carbons (Fsp3) is 0.0667. The van der Waals surface area contributed by atoms with Crippen molar-refractivity contribution < 1.29 is 0 Å². The number of hydrogen-bond acceptors (Lipinski definition) is 0. The Morgan fingerprint density at radius 3 is 2.00 bits per heavy atom. The summed E-state index contributed by atoms with van der Waals surface area (Å²) in [5.41, 5.74) is 7.74. The topological polar surface area (TPSA) is 0 Å². The molecular weight excluding hydrogens is 540 g/mol. The molecule has 0 fully saturated rings. The second-order valence-corrected chi connectivity index (χ2v) is 12.1. The van der Waals surface area contributed by atoms with Crippen LogP contribution in [0.3, 0.4) is 0 Å². The van der Waals surface area contributed by atoms with Crippen LogP contribution < -0.4 is 10.4 Å². The van der Waals surface area contributed by atoms with E-state index in [1.807, 2.05) is 0 Å². The van der Waals surface area contributed by atoms with Crippen molar-refractivity contribution in [2.24, 2.45) is 5.92 Å². The van der Waals surface area contributed by atoms with Gasteiger partial charge in [-0.25, -0.2) is 0 Å². The van der Waals surface area contributed by atoms with Crippen LogP contribution in [0, 0.1) is 5.92 Å². The SMILES string of the molecule is CC1/C=C\C=C/C/C(c2ccc3ccccc3c2)=c2/ccc(-c3cc4ccccc4c4ccccc34)c/c2=C/1c1ccccc1. The molecule has 1 atom stereocenters. The van der Waals surface area contributed by atoms with E-state index in [1.54, 1.807) is 0 Å². The van der Waals surface area contributed by atoms with Gasteiger partial charge in [-0.05, 0) is 101 Å².